The molecule has 4 atom stereocenters. The summed E-state index contributed by atoms with van der Waals surface area (Å²) in [5.41, 5.74) is 9.74. The van der Waals surface area contributed by atoms with E-state index in [-0.39, 0.29) is 49.6 Å². The number of nitrogens with zero attached hydrogens (tertiary/aromatic N) is 6. The van der Waals surface area contributed by atoms with Crippen molar-refractivity contribution in [3.63, 3.8) is 0 Å². The Morgan fingerprint density at radius 2 is 1.84 bits per heavy atom. The summed E-state index contributed by atoms with van der Waals surface area (Å²) in [5.74, 6) is -2.75. The van der Waals surface area contributed by atoms with Gasteiger partial charge in [-0.3, -0.25) is 34.0 Å². The lowest BCUT2D eigenvalue weighted by molar-refractivity contribution is -0.155. The number of aromatic nitrogens is 2. The van der Waals surface area contributed by atoms with Crippen LogP contribution in [0, 0.1) is 17.3 Å². The number of carbonyl (C=O) groups excluding carboxylic acids is 5. The third-order valence-corrected chi connectivity index (χ3v) is 13.6. The van der Waals surface area contributed by atoms with Gasteiger partial charge < -0.3 is 39.2 Å². The zero-order valence-electron chi connectivity index (χ0n) is 41.7. The molecule has 370 valence electrons. The first-order valence-corrected chi connectivity index (χ1v) is 24.2. The molecule has 2 aromatic heterocycles. The number of likely N-dealkylation sites (tertiary alicyclic amines) is 1. The summed E-state index contributed by atoms with van der Waals surface area (Å²) in [7, 11) is 7.10. The monoisotopic (exact) mass is 947 g/mol. The molecule has 0 aliphatic carbocycles. The van der Waals surface area contributed by atoms with Crippen LogP contribution in [0.1, 0.15) is 70.6 Å². The van der Waals surface area contributed by atoms with E-state index >= 15 is 0 Å². The van der Waals surface area contributed by atoms with Gasteiger partial charge in [0.2, 0.25) is 17.7 Å². The van der Waals surface area contributed by atoms with Crippen molar-refractivity contribution in [2.45, 2.75) is 98.0 Å². The minimum atomic E-state index is -1.17. The predicted octanol–water partition coefficient (Wildman–Crippen LogP) is 5.34. The van der Waals surface area contributed by atoms with Crippen molar-refractivity contribution in [3.8, 4) is 28.1 Å². The van der Waals surface area contributed by atoms with Crippen molar-refractivity contribution in [1.29, 1.82) is 0 Å². The molecule has 2 fully saturated rings. The van der Waals surface area contributed by atoms with Crippen LogP contribution in [-0.2, 0) is 59.4 Å². The van der Waals surface area contributed by atoms with Crippen molar-refractivity contribution in [3.05, 3.63) is 83.7 Å². The number of hydrazine groups is 1. The van der Waals surface area contributed by atoms with E-state index in [0.717, 1.165) is 44.4 Å². The highest BCUT2D eigenvalue weighted by Crippen LogP contribution is 2.41. The molecule has 5 heterocycles. The van der Waals surface area contributed by atoms with E-state index < -0.39 is 47.2 Å². The van der Waals surface area contributed by atoms with Crippen molar-refractivity contribution in [2.24, 2.45) is 17.3 Å². The van der Waals surface area contributed by atoms with Crippen LogP contribution in [0.4, 0.5) is 0 Å². The van der Waals surface area contributed by atoms with Gasteiger partial charge in [-0.25, -0.2) is 5.43 Å². The number of hydrogen-bond donors (Lipinski definition) is 3. The van der Waals surface area contributed by atoms with Gasteiger partial charge in [0.1, 0.15) is 23.9 Å². The first-order valence-electron chi connectivity index (χ1n) is 24.2. The quantitative estimate of drug-likeness (QED) is 0.123. The molecule has 4 amide bonds. The number of carbonyl (C=O) groups is 5. The van der Waals surface area contributed by atoms with E-state index in [1.165, 1.54) is 16.0 Å². The lowest BCUT2D eigenvalue weighted by Crippen LogP contribution is -2.62. The number of methoxy groups -OCH3 is 1. The first kappa shape index (κ1) is 50.8. The van der Waals surface area contributed by atoms with Crippen LogP contribution in [0.5, 0.6) is 5.75 Å². The number of amides is 4. The normalized spacial score (nSPS) is 20.4. The third kappa shape index (κ3) is 11.5. The molecule has 16 nitrogen and oxygen atoms in total. The van der Waals surface area contributed by atoms with E-state index in [0.29, 0.717) is 57.5 Å². The summed E-state index contributed by atoms with van der Waals surface area (Å²) < 4.78 is 14.0. The summed E-state index contributed by atoms with van der Waals surface area (Å²) in [6, 6.07) is 10.5. The molecule has 0 spiro atoms. The van der Waals surface area contributed by atoms with E-state index in [1.807, 2.05) is 57.2 Å². The Balaban J connectivity index is 1.25. The number of cyclic esters (lactones) is 1. The third-order valence-electron chi connectivity index (χ3n) is 13.6. The van der Waals surface area contributed by atoms with Crippen LogP contribution in [0.2, 0.25) is 0 Å². The molecule has 16 heteroatoms. The molecular weight excluding hydrogens is 877 g/mol. The minimum absolute atomic E-state index is 0.00982. The average molecular weight is 947 g/mol. The summed E-state index contributed by atoms with van der Waals surface area (Å²) in [4.78, 5) is 80.0. The van der Waals surface area contributed by atoms with E-state index in [4.69, 9.17) is 9.47 Å². The van der Waals surface area contributed by atoms with Gasteiger partial charge in [0, 0.05) is 93.7 Å². The first-order chi connectivity index (χ1) is 32.9. The predicted molar refractivity (Wildman–Crippen MR) is 264 cm³/mol. The van der Waals surface area contributed by atoms with Gasteiger partial charge in [-0.05, 0) is 111 Å². The molecule has 0 unspecified atom stereocenters. The van der Waals surface area contributed by atoms with Gasteiger partial charge in [0.25, 0.3) is 5.91 Å². The Morgan fingerprint density at radius 1 is 1.06 bits per heavy atom. The SMILES string of the molecule is CCn1c(-c2cnccc2COC)c2c3cc(ccc31)-c1cc(O)cc(c1)C[C@H](NC(=O)[C@H](C(C)C)N(C)C(=O)[C@H]1CCN(C(=O)/C=C/CN(C)C)C1)C(=O)N1CCC[C@H](N1)C(=O)OCC(C)(C)C2. The second-order valence-corrected chi connectivity index (χ2v) is 20.3. The highest BCUT2D eigenvalue weighted by molar-refractivity contribution is 5.96. The second kappa shape index (κ2) is 21.7. The van der Waals surface area contributed by atoms with Crippen LogP contribution < -0.4 is 10.7 Å². The number of rotatable bonds is 12. The van der Waals surface area contributed by atoms with Crippen molar-refractivity contribution >= 4 is 40.5 Å². The summed E-state index contributed by atoms with van der Waals surface area (Å²) in [5, 5.41) is 16.8. The largest absolute Gasteiger partial charge is 0.508 e. The lowest BCUT2D eigenvalue weighted by Gasteiger charge is -2.37. The molecule has 3 N–H and O–H groups in total. The molecule has 0 saturated carbocycles. The summed E-state index contributed by atoms with van der Waals surface area (Å²) in [6.45, 7) is 12.7. The van der Waals surface area contributed by atoms with Gasteiger partial charge in [-0.15, -0.1) is 0 Å². The molecule has 2 aromatic carbocycles. The Morgan fingerprint density at radius 3 is 2.57 bits per heavy atom. The molecule has 4 aromatic rings. The highest BCUT2D eigenvalue weighted by Gasteiger charge is 2.40. The van der Waals surface area contributed by atoms with Crippen molar-refractivity contribution in [2.75, 3.05) is 61.0 Å². The van der Waals surface area contributed by atoms with Crippen molar-refractivity contribution < 1.29 is 38.6 Å². The molecule has 2 saturated heterocycles. The van der Waals surface area contributed by atoms with Gasteiger partial charge in [-0.2, -0.15) is 0 Å². The minimum Gasteiger partial charge on any atom is -0.508 e. The fourth-order valence-corrected chi connectivity index (χ4v) is 10.2. The molecule has 3 aliphatic rings. The van der Waals surface area contributed by atoms with Crippen LogP contribution >= 0.6 is 0 Å². The maximum Gasteiger partial charge on any atom is 0.324 e. The number of likely N-dealkylation sites (N-methyl/N-ethyl adjacent to an activating group) is 2. The number of fused-ring (bicyclic) bond motifs is 6. The topological polar surface area (TPSA) is 179 Å². The van der Waals surface area contributed by atoms with Crippen LogP contribution in [0.25, 0.3) is 33.3 Å². The molecule has 6 bridgehead atoms. The van der Waals surface area contributed by atoms with Gasteiger partial charge in [0.15, 0.2) is 0 Å². The molecule has 0 radical (unpaired) electrons. The number of phenolic OH excluding ortho intramolecular Hbond substituents is 1. The second-order valence-electron chi connectivity index (χ2n) is 20.3. The Hall–Kier alpha value is -6.10. The summed E-state index contributed by atoms with van der Waals surface area (Å²) in [6.07, 6.45) is 8.92. The van der Waals surface area contributed by atoms with Gasteiger partial charge >= 0.3 is 5.97 Å². The zero-order valence-corrected chi connectivity index (χ0v) is 41.7. The number of ether oxygens (including phenoxy) is 2. The number of nitrogens with one attached hydrogen (secondary N) is 2. The number of hydrogen-bond acceptors (Lipinski definition) is 11. The highest BCUT2D eigenvalue weighted by atomic mass is 16.5. The van der Waals surface area contributed by atoms with Crippen LogP contribution in [0.3, 0.4) is 0 Å². The number of aryl methyl sites for hydroxylation is 1. The Kier molecular flexibility index (Phi) is 16.0. The van der Waals surface area contributed by atoms with E-state index in [9.17, 15) is 29.1 Å². The average Bonchev–Trinajstić information content (AvgIpc) is 3.93. The van der Waals surface area contributed by atoms with Crippen molar-refractivity contribution in [1.82, 2.24) is 40.0 Å². The maximum atomic E-state index is 14.8. The Labute approximate surface area is 406 Å². The Bertz CT molecular complexity index is 2580. The molecule has 69 heavy (non-hydrogen) atoms. The number of aromatic hydroxyl groups is 1. The standard InChI is InChI=1S/C53H70N8O8/c1-10-60-45-16-15-35-27-40(45)41(48(60)42-29-54-19-17-37(42)31-68-9)28-53(4,5)32-69-52(67)43-13-11-21-61(56-43)51(66)44(25-34-23-38(35)26-39(62)24-34)55-49(64)47(33(2)3)58(8)50(65)36-18-22-59(30-36)46(63)14-12-20-57(6)7/h12,14-17,19,23-24,26-27,29,33,36,43-44,47,56,62H,10-11,13,18,20-22,25,28,30-32H2,1-9H3,(H,55,64)/b14-12+/t36-,43-,44-,47-/m0/s1. The van der Waals surface area contributed by atoms with Crippen LogP contribution in [-0.4, -0.2) is 143 Å². The zero-order chi connectivity index (χ0) is 49.7. The fourth-order valence-electron chi connectivity index (χ4n) is 10.2. The fraction of sp³-hybridized carbons (Fsp3) is 0.509. The van der Waals surface area contributed by atoms with Gasteiger partial charge in [0.05, 0.1) is 24.8 Å². The molecule has 7 rings (SSSR count). The number of benzene rings is 2. The maximum absolute atomic E-state index is 14.8. The van der Waals surface area contributed by atoms with Gasteiger partial charge in [-0.1, -0.05) is 45.9 Å². The number of phenols is 1. The summed E-state index contributed by atoms with van der Waals surface area (Å²) >= 11 is 0. The number of pyridine rings is 1. The number of esters is 1. The molecule has 3 aliphatic heterocycles. The van der Waals surface area contributed by atoms with E-state index in [2.05, 4.69) is 53.2 Å². The lowest BCUT2D eigenvalue weighted by atomic mass is 9.84. The molecular formula is C53H70N8O8. The smallest absolute Gasteiger partial charge is 0.324 e. The van der Waals surface area contributed by atoms with Crippen LogP contribution in [0.15, 0.2) is 67.0 Å². The van der Waals surface area contributed by atoms with E-state index in [1.54, 1.807) is 43.5 Å².